The lowest BCUT2D eigenvalue weighted by Crippen LogP contribution is -2.61. The normalized spacial score (nSPS) is 12.8. The van der Waals surface area contributed by atoms with Gasteiger partial charge in [0.1, 0.15) is 0 Å². The summed E-state index contributed by atoms with van der Waals surface area (Å²) < 4.78 is 4.92. The maximum Gasteiger partial charge on any atom is 0.252 e. The van der Waals surface area contributed by atoms with Crippen LogP contribution in [0.25, 0.3) is 66.1 Å². The number of nitrogens with zero attached hydrogens (tertiary/aromatic N) is 4. The van der Waals surface area contributed by atoms with Gasteiger partial charge < -0.3 is 18.9 Å². The third-order valence-electron chi connectivity index (χ3n) is 13.9. The Morgan fingerprint density at radius 2 is 0.646 bits per heavy atom. The van der Waals surface area contributed by atoms with Gasteiger partial charge in [-0.15, -0.1) is 0 Å². The summed E-state index contributed by atoms with van der Waals surface area (Å²) in [6, 6.07) is 87.2. The predicted molar refractivity (Wildman–Crippen MR) is 275 cm³/mol. The van der Waals surface area contributed by atoms with Gasteiger partial charge in [0, 0.05) is 61.4 Å². The van der Waals surface area contributed by atoms with E-state index in [1.54, 1.807) is 0 Å². The molecule has 0 saturated heterocycles. The molecule has 0 spiro atoms. The minimum Gasteiger partial charge on any atom is -0.311 e. The summed E-state index contributed by atoms with van der Waals surface area (Å²) in [6.07, 6.45) is 0. The van der Waals surface area contributed by atoms with Crippen molar-refractivity contribution in [3.05, 3.63) is 237 Å². The molecular formula is C60H39BN4. The molecule has 0 atom stereocenters. The van der Waals surface area contributed by atoms with Crippen molar-refractivity contribution in [2.45, 2.75) is 0 Å². The molecule has 5 heteroatoms. The van der Waals surface area contributed by atoms with Crippen molar-refractivity contribution in [2.24, 2.45) is 0 Å². The van der Waals surface area contributed by atoms with Gasteiger partial charge in [-0.1, -0.05) is 158 Å². The predicted octanol–water partition coefficient (Wildman–Crippen LogP) is 13.6. The number of benzene rings is 10. The SMILES string of the molecule is c1ccc(-c2ccc3c(c2)N(c2ccccc2)c2cc(-n4c5ccccc5c5ccccc54)cc4c2B3c2ccc(-n3c5ccccc5c5ccccc53)cc2N4c2ccccc2)cc1. The van der Waals surface area contributed by atoms with Crippen molar-refractivity contribution in [1.82, 2.24) is 9.13 Å². The fourth-order valence-electron chi connectivity index (χ4n) is 11.2. The maximum atomic E-state index is 2.53. The molecule has 2 aliphatic heterocycles. The highest BCUT2D eigenvalue weighted by Gasteiger charge is 2.44. The van der Waals surface area contributed by atoms with Crippen molar-refractivity contribution in [3.8, 4) is 22.5 Å². The minimum atomic E-state index is -0.0471. The first-order valence-corrected chi connectivity index (χ1v) is 22.5. The zero-order chi connectivity index (χ0) is 42.6. The molecule has 4 nitrogen and oxygen atoms in total. The van der Waals surface area contributed by atoms with Gasteiger partial charge in [-0.05, 0) is 106 Å². The van der Waals surface area contributed by atoms with E-state index in [2.05, 4.69) is 256 Å². The fourth-order valence-corrected chi connectivity index (χ4v) is 11.2. The van der Waals surface area contributed by atoms with Gasteiger partial charge in [-0.3, -0.25) is 0 Å². The molecular weight excluding hydrogens is 787 g/mol. The van der Waals surface area contributed by atoms with E-state index in [1.165, 1.54) is 93.9 Å². The fraction of sp³-hybridized carbons (Fsp3) is 0. The number of rotatable bonds is 5. The summed E-state index contributed by atoms with van der Waals surface area (Å²) in [5.41, 5.74) is 20.2. The van der Waals surface area contributed by atoms with Crippen LogP contribution in [0.3, 0.4) is 0 Å². The van der Waals surface area contributed by atoms with Crippen LogP contribution in [0.15, 0.2) is 237 Å². The van der Waals surface area contributed by atoms with Gasteiger partial charge in [-0.25, -0.2) is 0 Å². The molecule has 0 amide bonds. The Bertz CT molecular complexity index is 3750. The third-order valence-corrected chi connectivity index (χ3v) is 13.9. The van der Waals surface area contributed by atoms with E-state index in [-0.39, 0.29) is 6.71 Å². The number of fused-ring (bicyclic) bond motifs is 10. The Hall–Kier alpha value is -8.54. The number of aromatic nitrogens is 2. The molecule has 0 unspecified atom stereocenters. The molecule has 0 aliphatic carbocycles. The highest BCUT2D eigenvalue weighted by atomic mass is 15.2. The average molecular weight is 827 g/mol. The molecule has 0 radical (unpaired) electrons. The molecule has 14 rings (SSSR count). The lowest BCUT2D eigenvalue weighted by molar-refractivity contribution is 1.15. The Morgan fingerprint density at radius 3 is 1.14 bits per heavy atom. The van der Waals surface area contributed by atoms with Crippen molar-refractivity contribution in [1.29, 1.82) is 0 Å². The van der Waals surface area contributed by atoms with Gasteiger partial charge >= 0.3 is 0 Å². The topological polar surface area (TPSA) is 16.3 Å². The van der Waals surface area contributed by atoms with Crippen LogP contribution >= 0.6 is 0 Å². The van der Waals surface area contributed by atoms with Crippen molar-refractivity contribution in [3.63, 3.8) is 0 Å². The molecule has 4 heterocycles. The van der Waals surface area contributed by atoms with Gasteiger partial charge in [-0.2, -0.15) is 0 Å². The summed E-state index contributed by atoms with van der Waals surface area (Å²) in [5.74, 6) is 0. The van der Waals surface area contributed by atoms with E-state index in [0.29, 0.717) is 0 Å². The lowest BCUT2D eigenvalue weighted by atomic mass is 9.33. The second-order valence-corrected chi connectivity index (χ2v) is 17.3. The van der Waals surface area contributed by atoms with Gasteiger partial charge in [0.05, 0.1) is 27.8 Å². The number of anilines is 6. The average Bonchev–Trinajstić information content (AvgIpc) is 3.90. The van der Waals surface area contributed by atoms with E-state index in [4.69, 9.17) is 0 Å². The van der Waals surface area contributed by atoms with Crippen LogP contribution in [0.1, 0.15) is 0 Å². The standard InChI is InChI=1S/C60H39BN4/c1-4-18-40(19-5-1)41-32-34-50-56(36-41)62(42-20-6-2-7-21-42)58-38-45(65-54-30-16-12-26-48(54)49-27-13-17-31-55(49)65)39-59-60(58)61(50)51-35-33-44(37-57(51)63(59)43-22-8-3-9-23-43)64-52-28-14-10-24-46(52)47-25-11-15-29-53(47)64/h1-39H. The van der Waals surface area contributed by atoms with Crippen LogP contribution in [0, 0.1) is 0 Å². The molecule has 2 aromatic heterocycles. The first-order chi connectivity index (χ1) is 32.3. The molecule has 12 aromatic rings. The van der Waals surface area contributed by atoms with Crippen LogP contribution in [0.2, 0.25) is 0 Å². The lowest BCUT2D eigenvalue weighted by Gasteiger charge is -2.44. The summed E-state index contributed by atoms with van der Waals surface area (Å²) >= 11 is 0. The molecule has 0 N–H and O–H groups in total. The molecule has 10 aromatic carbocycles. The Labute approximate surface area is 377 Å². The van der Waals surface area contributed by atoms with E-state index >= 15 is 0 Å². The zero-order valence-corrected chi connectivity index (χ0v) is 35.4. The first-order valence-electron chi connectivity index (χ1n) is 22.5. The van der Waals surface area contributed by atoms with E-state index in [1.807, 2.05) is 0 Å². The number of hydrogen-bond donors (Lipinski definition) is 0. The van der Waals surface area contributed by atoms with Crippen LogP contribution in [-0.2, 0) is 0 Å². The molecule has 0 saturated carbocycles. The summed E-state index contributed by atoms with van der Waals surface area (Å²) in [5, 5.41) is 4.99. The van der Waals surface area contributed by atoms with Crippen LogP contribution in [0.4, 0.5) is 34.1 Å². The van der Waals surface area contributed by atoms with Crippen LogP contribution in [-0.4, -0.2) is 15.8 Å². The van der Waals surface area contributed by atoms with Gasteiger partial charge in [0.25, 0.3) is 6.71 Å². The van der Waals surface area contributed by atoms with Crippen LogP contribution < -0.4 is 26.2 Å². The minimum absolute atomic E-state index is 0.0471. The second kappa shape index (κ2) is 14.0. The van der Waals surface area contributed by atoms with E-state index < -0.39 is 0 Å². The summed E-state index contributed by atoms with van der Waals surface area (Å²) in [6.45, 7) is -0.0471. The highest BCUT2D eigenvalue weighted by molar-refractivity contribution is 7.00. The van der Waals surface area contributed by atoms with E-state index in [9.17, 15) is 0 Å². The Kier molecular flexibility index (Phi) is 7.75. The molecule has 0 bridgehead atoms. The smallest absolute Gasteiger partial charge is 0.252 e. The Morgan fingerprint density at radius 1 is 0.262 bits per heavy atom. The van der Waals surface area contributed by atoms with Gasteiger partial charge in [0.15, 0.2) is 0 Å². The van der Waals surface area contributed by atoms with Crippen molar-refractivity contribution >= 4 is 101 Å². The second-order valence-electron chi connectivity index (χ2n) is 17.3. The van der Waals surface area contributed by atoms with Crippen LogP contribution in [0.5, 0.6) is 0 Å². The monoisotopic (exact) mass is 826 g/mol. The summed E-state index contributed by atoms with van der Waals surface area (Å²) in [4.78, 5) is 5.06. The van der Waals surface area contributed by atoms with Gasteiger partial charge in [0.2, 0.25) is 0 Å². The highest BCUT2D eigenvalue weighted by Crippen LogP contribution is 2.47. The Balaban J connectivity index is 1.12. The molecule has 302 valence electrons. The first kappa shape index (κ1) is 36.0. The largest absolute Gasteiger partial charge is 0.311 e. The zero-order valence-electron chi connectivity index (χ0n) is 35.4. The van der Waals surface area contributed by atoms with Crippen molar-refractivity contribution < 1.29 is 0 Å². The molecule has 0 fully saturated rings. The van der Waals surface area contributed by atoms with E-state index in [0.717, 1.165) is 22.7 Å². The number of hydrogen-bond acceptors (Lipinski definition) is 2. The maximum absolute atomic E-state index is 2.53. The molecule has 2 aliphatic rings. The quantitative estimate of drug-likeness (QED) is 0.161. The third kappa shape index (κ3) is 5.27. The number of para-hydroxylation sites is 6. The summed E-state index contributed by atoms with van der Waals surface area (Å²) in [7, 11) is 0. The van der Waals surface area contributed by atoms with Crippen molar-refractivity contribution in [2.75, 3.05) is 9.80 Å². The molecule has 65 heavy (non-hydrogen) atoms.